The summed E-state index contributed by atoms with van der Waals surface area (Å²) < 4.78 is 5.93. The van der Waals surface area contributed by atoms with Crippen molar-refractivity contribution in [3.05, 3.63) is 37.7 Å². The van der Waals surface area contributed by atoms with Crippen molar-refractivity contribution in [3.8, 4) is 0 Å². The zero-order valence-electron chi connectivity index (χ0n) is 6.78. The van der Waals surface area contributed by atoms with Crippen molar-refractivity contribution in [2.45, 2.75) is 0 Å². The molecule has 0 aliphatic rings. The van der Waals surface area contributed by atoms with E-state index in [0.717, 1.165) is 10.4 Å². The molecular weight excluding hydrogens is 351 g/mol. The van der Waals surface area contributed by atoms with Crippen LogP contribution in [0.4, 0.5) is 5.69 Å². The molecule has 1 heterocycles. The second kappa shape index (κ2) is 4.69. The van der Waals surface area contributed by atoms with Gasteiger partial charge >= 0.3 is 0 Å². The van der Waals surface area contributed by atoms with Gasteiger partial charge in [0.2, 0.25) is 0 Å². The highest BCUT2D eigenvalue weighted by molar-refractivity contribution is 14.1. The third kappa shape index (κ3) is 2.53. The van der Waals surface area contributed by atoms with Crippen LogP contribution >= 0.6 is 55.1 Å². The number of rotatable bonds is 1. The maximum atomic E-state index is 5.84. The lowest BCUT2D eigenvalue weighted by atomic mass is 10.3. The topological polar surface area (TPSA) is 25.2 Å². The zero-order chi connectivity index (χ0) is 9.97. The first-order valence-corrected chi connectivity index (χ1v) is 7.24. The average Bonchev–Trinajstić information content (AvgIpc) is 2.56. The van der Waals surface area contributed by atoms with Crippen LogP contribution in [0, 0.1) is 3.57 Å². The van der Waals surface area contributed by atoms with Gasteiger partial charge in [-0.05, 0) is 57.2 Å². The molecule has 0 fully saturated rings. The summed E-state index contributed by atoms with van der Waals surface area (Å²) in [7, 11) is 2.83. The van der Waals surface area contributed by atoms with Gasteiger partial charge in [-0.3, -0.25) is 0 Å². The Hall–Kier alpha value is 0.0200. The van der Waals surface area contributed by atoms with Crippen molar-refractivity contribution in [1.29, 1.82) is 0 Å². The molecule has 1 aromatic carbocycles. The fourth-order valence-electron chi connectivity index (χ4n) is 0.858. The molecule has 14 heavy (non-hydrogen) atoms. The molecule has 6 heteroatoms. The van der Waals surface area contributed by atoms with Gasteiger partial charge in [0.1, 0.15) is 0 Å². The number of benzene rings is 1. The van der Waals surface area contributed by atoms with E-state index in [9.17, 15) is 0 Å². The Morgan fingerprint density at radius 2 is 2.00 bits per heavy atom. The highest BCUT2D eigenvalue weighted by Crippen LogP contribution is 2.15. The van der Waals surface area contributed by atoms with E-state index in [1.807, 2.05) is 24.3 Å². The predicted octanol–water partition coefficient (Wildman–Crippen LogP) is 3.70. The molecule has 0 spiro atoms. The largest absolute Gasteiger partial charge is 0.234 e. The molecule has 0 N–H and O–H groups in total. The van der Waals surface area contributed by atoms with Crippen LogP contribution in [0.5, 0.6) is 0 Å². The third-order valence-electron chi connectivity index (χ3n) is 1.47. The molecule has 0 atom stereocenters. The van der Waals surface area contributed by atoms with Crippen molar-refractivity contribution in [2.75, 3.05) is 0 Å². The zero-order valence-corrected chi connectivity index (χ0v) is 11.3. The van der Waals surface area contributed by atoms with Crippen molar-refractivity contribution in [2.24, 2.45) is 4.99 Å². The molecule has 0 saturated carbocycles. The van der Waals surface area contributed by atoms with Gasteiger partial charge in [-0.15, -0.1) is 0 Å². The maximum absolute atomic E-state index is 5.84. The molecule has 2 nitrogen and oxygen atoms in total. The Morgan fingerprint density at radius 3 is 2.57 bits per heavy atom. The number of hydrogen-bond donors (Lipinski definition) is 0. The number of halogens is 2. The van der Waals surface area contributed by atoms with E-state index in [4.69, 9.17) is 11.6 Å². The van der Waals surface area contributed by atoms with Gasteiger partial charge in [0.15, 0.2) is 9.82 Å². The molecule has 0 aliphatic carbocycles. The summed E-state index contributed by atoms with van der Waals surface area (Å²) in [6.07, 6.45) is 0. The molecule has 0 bridgehead atoms. The minimum Gasteiger partial charge on any atom is -0.234 e. The molecule has 72 valence electrons. The van der Waals surface area contributed by atoms with E-state index < -0.39 is 0 Å². The first kappa shape index (κ1) is 10.5. The predicted molar refractivity (Wildman–Crippen MR) is 69.4 cm³/mol. The molecule has 2 rings (SSSR count). The van der Waals surface area contributed by atoms with Crippen molar-refractivity contribution < 1.29 is 0 Å². The lowest BCUT2D eigenvalue weighted by molar-refractivity contribution is 1.37. The fraction of sp³-hybridized carbons (Fsp3) is 0. The van der Waals surface area contributed by atoms with Crippen LogP contribution in [0.1, 0.15) is 0 Å². The lowest BCUT2D eigenvalue weighted by Gasteiger charge is -1.91. The van der Waals surface area contributed by atoms with E-state index in [0.29, 0.717) is 5.15 Å². The maximum Gasteiger partial charge on any atom is 0.179 e. The highest BCUT2D eigenvalue weighted by Gasteiger charge is 1.96. The molecule has 2 aromatic rings. The standard InChI is InChI=1S/C8H4ClIN2S2/c9-7-8(13-14-12-7)11-6-3-1-5(10)2-4-6/h1-4H/b11-8+. The van der Waals surface area contributed by atoms with Crippen LogP contribution < -0.4 is 4.67 Å². The molecule has 0 aliphatic heterocycles. The molecule has 0 unspecified atom stereocenters. The molecule has 0 amide bonds. The van der Waals surface area contributed by atoms with Crippen molar-refractivity contribution in [3.63, 3.8) is 0 Å². The second-order valence-corrected chi connectivity index (χ2v) is 5.87. The van der Waals surface area contributed by atoms with Crippen molar-refractivity contribution in [1.82, 2.24) is 4.37 Å². The van der Waals surface area contributed by atoms with Crippen LogP contribution in [0.3, 0.4) is 0 Å². The smallest absolute Gasteiger partial charge is 0.179 e. The van der Waals surface area contributed by atoms with Gasteiger partial charge in [0.05, 0.1) is 5.69 Å². The van der Waals surface area contributed by atoms with Crippen LogP contribution in [0.2, 0.25) is 5.15 Å². The van der Waals surface area contributed by atoms with Gasteiger partial charge in [-0.2, -0.15) is 4.37 Å². The summed E-state index contributed by atoms with van der Waals surface area (Å²) in [5, 5.41) is 0.485. The summed E-state index contributed by atoms with van der Waals surface area (Å²) >= 11 is 8.09. The van der Waals surface area contributed by atoms with E-state index in [2.05, 4.69) is 32.0 Å². The molecule has 0 radical (unpaired) electrons. The van der Waals surface area contributed by atoms with Crippen LogP contribution in [-0.4, -0.2) is 4.37 Å². The van der Waals surface area contributed by atoms with E-state index in [1.165, 1.54) is 24.4 Å². The van der Waals surface area contributed by atoms with E-state index in [-0.39, 0.29) is 0 Å². The van der Waals surface area contributed by atoms with Gasteiger partial charge < -0.3 is 0 Å². The molecule has 0 saturated heterocycles. The first-order valence-electron chi connectivity index (χ1n) is 3.67. The number of aromatic nitrogens is 1. The third-order valence-corrected chi connectivity index (χ3v) is 4.36. The summed E-state index contributed by atoms with van der Waals surface area (Å²) in [6.45, 7) is 0. The lowest BCUT2D eigenvalue weighted by Crippen LogP contribution is -1.92. The Bertz CT molecular complexity index is 489. The minimum atomic E-state index is 0.485. The average molecular weight is 355 g/mol. The summed E-state index contributed by atoms with van der Waals surface area (Å²) in [4.78, 5) is 4.37. The minimum absolute atomic E-state index is 0.485. The summed E-state index contributed by atoms with van der Waals surface area (Å²) in [5.41, 5.74) is 0.906. The molecule has 1 aromatic heterocycles. The van der Waals surface area contributed by atoms with Gasteiger partial charge in [-0.1, -0.05) is 11.6 Å². The summed E-state index contributed by atoms with van der Waals surface area (Å²) in [5.74, 6) is 0. The van der Waals surface area contributed by atoms with E-state index >= 15 is 0 Å². The van der Waals surface area contributed by atoms with Gasteiger partial charge in [0, 0.05) is 14.1 Å². The Balaban J connectivity index is 2.44. The Labute approximate surface area is 107 Å². The van der Waals surface area contributed by atoms with Gasteiger partial charge in [-0.25, -0.2) is 4.99 Å². The number of nitrogens with zero attached hydrogens (tertiary/aromatic N) is 2. The quantitative estimate of drug-likeness (QED) is 0.566. The second-order valence-electron chi connectivity index (χ2n) is 2.43. The highest BCUT2D eigenvalue weighted by atomic mass is 127. The van der Waals surface area contributed by atoms with Crippen LogP contribution in [0.25, 0.3) is 0 Å². The molecular formula is C8H4ClIN2S2. The first-order chi connectivity index (χ1) is 6.75. The normalized spacial score (nSPS) is 12.0. The Morgan fingerprint density at radius 1 is 1.29 bits per heavy atom. The summed E-state index contributed by atoms with van der Waals surface area (Å²) in [6, 6.07) is 7.94. The fourth-order valence-corrected chi connectivity index (χ4v) is 3.21. The van der Waals surface area contributed by atoms with Gasteiger partial charge in [0.25, 0.3) is 0 Å². The van der Waals surface area contributed by atoms with Crippen LogP contribution in [-0.2, 0) is 0 Å². The van der Waals surface area contributed by atoms with E-state index in [1.54, 1.807) is 0 Å². The Kier molecular flexibility index (Phi) is 3.53. The number of hydrogen-bond acceptors (Lipinski definition) is 4. The van der Waals surface area contributed by atoms with Crippen LogP contribution in [0.15, 0.2) is 29.3 Å². The van der Waals surface area contributed by atoms with Crippen molar-refractivity contribution >= 4 is 60.8 Å². The monoisotopic (exact) mass is 354 g/mol. The SMILES string of the molecule is Clc1nss/c1=N/c1ccc(I)cc1.